The average molecular weight is 544 g/mol. The number of benzene rings is 1. The number of aliphatic hydroxyl groups excluding tert-OH is 1. The summed E-state index contributed by atoms with van der Waals surface area (Å²) in [5.41, 5.74) is -0.660. The van der Waals surface area contributed by atoms with E-state index in [4.69, 9.17) is 0 Å². The number of β-amino-alcohol motifs (C(OH)–C–C–N with tert-alkyl or cyclic N) is 1. The van der Waals surface area contributed by atoms with E-state index >= 15 is 0 Å². The maximum absolute atomic E-state index is 13.4. The van der Waals surface area contributed by atoms with Crippen LogP contribution in [-0.4, -0.2) is 69.7 Å². The molecule has 1 aliphatic heterocycles. The summed E-state index contributed by atoms with van der Waals surface area (Å²) >= 11 is 0. The standard InChI is InChI=1S/C31H49N3O5/c1-20(31(5,6)29(38)39)27(36)32-24(16-21-12-8-7-9-13-21)26(35)19-34-18-23-15-11-10-14-22(23)17-25(34)28(37)33-30(2,3)4/h7-9,12-13,20,22-26,35H,10-11,14-19H2,1-6H3,(H,32,36)(H,33,37)(H,38,39). The molecule has 2 aliphatic rings. The highest BCUT2D eigenvalue weighted by molar-refractivity contribution is 5.86. The molecule has 2 fully saturated rings. The molecule has 1 aromatic carbocycles. The maximum atomic E-state index is 13.4. The fourth-order valence-corrected chi connectivity index (χ4v) is 5.97. The second-order valence-corrected chi connectivity index (χ2v) is 13.4. The number of rotatable bonds is 10. The van der Waals surface area contributed by atoms with Gasteiger partial charge in [0, 0.05) is 18.6 Å². The van der Waals surface area contributed by atoms with Gasteiger partial charge in [-0.1, -0.05) is 56.5 Å². The van der Waals surface area contributed by atoms with E-state index in [2.05, 4.69) is 15.5 Å². The van der Waals surface area contributed by atoms with Crippen LogP contribution in [-0.2, 0) is 20.8 Å². The third-order valence-corrected chi connectivity index (χ3v) is 8.84. The van der Waals surface area contributed by atoms with E-state index in [-0.39, 0.29) is 24.0 Å². The minimum absolute atomic E-state index is 0.0146. The molecule has 1 aromatic rings. The van der Waals surface area contributed by atoms with Crippen LogP contribution in [0.4, 0.5) is 0 Å². The molecule has 0 radical (unpaired) electrons. The van der Waals surface area contributed by atoms with Crippen LogP contribution in [0, 0.1) is 23.2 Å². The third-order valence-electron chi connectivity index (χ3n) is 8.84. The van der Waals surface area contributed by atoms with Gasteiger partial charge >= 0.3 is 5.97 Å². The lowest BCUT2D eigenvalue weighted by Crippen LogP contribution is -2.60. The van der Waals surface area contributed by atoms with Gasteiger partial charge in [-0.25, -0.2) is 0 Å². The predicted octanol–water partition coefficient (Wildman–Crippen LogP) is 3.62. The normalized spacial score (nSPS) is 24.6. The average Bonchev–Trinajstić information content (AvgIpc) is 2.86. The van der Waals surface area contributed by atoms with Gasteiger partial charge < -0.3 is 20.8 Å². The Hall–Kier alpha value is -2.45. The fraction of sp³-hybridized carbons (Fsp3) is 0.710. The Morgan fingerprint density at radius 3 is 2.23 bits per heavy atom. The Morgan fingerprint density at radius 1 is 1.03 bits per heavy atom. The number of carbonyl (C=O) groups is 3. The lowest BCUT2D eigenvalue weighted by Gasteiger charge is -2.47. The molecule has 6 atom stereocenters. The van der Waals surface area contributed by atoms with Crippen LogP contribution >= 0.6 is 0 Å². The number of nitrogens with one attached hydrogen (secondary N) is 2. The van der Waals surface area contributed by atoms with E-state index in [0.29, 0.717) is 18.3 Å². The molecule has 4 N–H and O–H groups in total. The Labute approximate surface area is 233 Å². The summed E-state index contributed by atoms with van der Waals surface area (Å²) in [6.07, 6.45) is 4.90. The highest BCUT2D eigenvalue weighted by Crippen LogP contribution is 2.39. The molecular formula is C31H49N3O5. The molecule has 3 rings (SSSR count). The number of likely N-dealkylation sites (tertiary alicyclic amines) is 1. The summed E-state index contributed by atoms with van der Waals surface area (Å²) in [6.45, 7) is 11.6. The Morgan fingerprint density at radius 2 is 1.64 bits per heavy atom. The molecule has 8 heteroatoms. The second kappa shape index (κ2) is 12.8. The van der Waals surface area contributed by atoms with E-state index in [1.54, 1.807) is 6.92 Å². The SMILES string of the molecule is CC(C(=O)NC(Cc1ccccc1)C(O)CN1CC2CCCCC2CC1C(=O)NC(C)(C)C)C(C)(C)C(=O)O. The lowest BCUT2D eigenvalue weighted by molar-refractivity contribution is -0.153. The minimum atomic E-state index is -1.26. The Balaban J connectivity index is 1.82. The van der Waals surface area contributed by atoms with Crippen molar-refractivity contribution in [2.75, 3.05) is 13.1 Å². The molecule has 1 saturated carbocycles. The first kappa shape index (κ1) is 31.1. The number of piperidine rings is 1. The van der Waals surface area contributed by atoms with Gasteiger partial charge in [-0.05, 0) is 71.3 Å². The Kier molecular flexibility index (Phi) is 10.2. The number of nitrogens with zero attached hydrogens (tertiary/aromatic N) is 1. The van der Waals surface area contributed by atoms with Crippen molar-refractivity contribution in [2.24, 2.45) is 23.2 Å². The molecule has 0 bridgehead atoms. The summed E-state index contributed by atoms with van der Waals surface area (Å²) < 4.78 is 0. The number of hydrogen-bond donors (Lipinski definition) is 4. The van der Waals surface area contributed by atoms with E-state index in [0.717, 1.165) is 31.4 Å². The van der Waals surface area contributed by atoms with Gasteiger partial charge in [0.1, 0.15) is 0 Å². The highest BCUT2D eigenvalue weighted by Gasteiger charge is 2.43. The van der Waals surface area contributed by atoms with Crippen molar-refractivity contribution in [1.82, 2.24) is 15.5 Å². The quantitative estimate of drug-likeness (QED) is 0.358. The first-order chi connectivity index (χ1) is 18.2. The summed E-state index contributed by atoms with van der Waals surface area (Å²) in [5.74, 6) is -1.25. The van der Waals surface area contributed by atoms with Crippen LogP contribution in [0.3, 0.4) is 0 Å². The topological polar surface area (TPSA) is 119 Å². The minimum Gasteiger partial charge on any atom is -0.481 e. The Bertz CT molecular complexity index is 990. The van der Waals surface area contributed by atoms with Gasteiger partial charge in [0.05, 0.1) is 29.5 Å². The van der Waals surface area contributed by atoms with Crippen molar-refractivity contribution in [1.29, 1.82) is 0 Å². The molecule has 2 amide bonds. The van der Waals surface area contributed by atoms with E-state index in [1.165, 1.54) is 26.7 Å². The number of carbonyl (C=O) groups excluding carboxylic acids is 2. The van der Waals surface area contributed by atoms with Gasteiger partial charge in [0.15, 0.2) is 0 Å². The highest BCUT2D eigenvalue weighted by atomic mass is 16.4. The predicted molar refractivity (Wildman–Crippen MR) is 152 cm³/mol. The number of carboxylic acid groups (broad SMARTS) is 1. The molecular weight excluding hydrogens is 494 g/mol. The molecule has 1 aliphatic carbocycles. The first-order valence-electron chi connectivity index (χ1n) is 14.5. The molecule has 218 valence electrons. The van der Waals surface area contributed by atoms with Crippen molar-refractivity contribution in [2.45, 2.75) is 104 Å². The molecule has 6 unspecified atom stereocenters. The smallest absolute Gasteiger partial charge is 0.309 e. The largest absolute Gasteiger partial charge is 0.481 e. The fourth-order valence-electron chi connectivity index (χ4n) is 5.97. The van der Waals surface area contributed by atoms with Gasteiger partial charge in [0.25, 0.3) is 0 Å². The number of aliphatic carboxylic acids is 1. The van der Waals surface area contributed by atoms with Gasteiger partial charge in [-0.15, -0.1) is 0 Å². The van der Waals surface area contributed by atoms with Crippen LogP contribution in [0.1, 0.15) is 79.2 Å². The summed E-state index contributed by atoms with van der Waals surface area (Å²) in [5, 5.41) is 27.3. The molecule has 1 saturated heterocycles. The molecule has 8 nitrogen and oxygen atoms in total. The summed E-state index contributed by atoms with van der Waals surface area (Å²) in [4.78, 5) is 40.6. The van der Waals surface area contributed by atoms with Crippen molar-refractivity contribution in [3.63, 3.8) is 0 Å². The molecule has 0 spiro atoms. The zero-order valence-electron chi connectivity index (χ0n) is 24.6. The van der Waals surface area contributed by atoms with Crippen molar-refractivity contribution in [3.8, 4) is 0 Å². The number of aliphatic hydroxyl groups is 1. The number of fused-ring (bicyclic) bond motifs is 1. The zero-order chi connectivity index (χ0) is 29.0. The van der Waals surface area contributed by atoms with E-state index in [1.807, 2.05) is 51.1 Å². The van der Waals surface area contributed by atoms with Crippen LogP contribution in [0.5, 0.6) is 0 Å². The second-order valence-electron chi connectivity index (χ2n) is 13.4. The maximum Gasteiger partial charge on any atom is 0.309 e. The van der Waals surface area contributed by atoms with Gasteiger partial charge in [-0.3, -0.25) is 19.3 Å². The van der Waals surface area contributed by atoms with Gasteiger partial charge in [-0.2, -0.15) is 0 Å². The van der Waals surface area contributed by atoms with E-state index in [9.17, 15) is 24.6 Å². The summed E-state index contributed by atoms with van der Waals surface area (Å²) in [6, 6.07) is 8.67. The van der Waals surface area contributed by atoms with Crippen molar-refractivity contribution in [3.05, 3.63) is 35.9 Å². The van der Waals surface area contributed by atoms with Crippen LogP contribution in [0.15, 0.2) is 30.3 Å². The molecule has 39 heavy (non-hydrogen) atoms. The summed E-state index contributed by atoms with van der Waals surface area (Å²) in [7, 11) is 0. The van der Waals surface area contributed by atoms with E-state index < -0.39 is 35.4 Å². The lowest BCUT2D eigenvalue weighted by atomic mass is 9.72. The monoisotopic (exact) mass is 543 g/mol. The number of carboxylic acids is 1. The van der Waals surface area contributed by atoms with Crippen LogP contribution in [0.2, 0.25) is 0 Å². The van der Waals surface area contributed by atoms with Crippen LogP contribution < -0.4 is 10.6 Å². The first-order valence-corrected chi connectivity index (χ1v) is 14.5. The number of amides is 2. The van der Waals surface area contributed by atoms with Crippen molar-refractivity contribution >= 4 is 17.8 Å². The number of hydrogen-bond acceptors (Lipinski definition) is 5. The zero-order valence-corrected chi connectivity index (χ0v) is 24.6. The van der Waals surface area contributed by atoms with Gasteiger partial charge in [0.2, 0.25) is 11.8 Å². The molecule has 0 aromatic heterocycles. The van der Waals surface area contributed by atoms with Crippen molar-refractivity contribution < 1.29 is 24.6 Å². The molecule has 1 heterocycles. The van der Waals surface area contributed by atoms with Crippen LogP contribution in [0.25, 0.3) is 0 Å². The third kappa shape index (κ3) is 8.27.